The monoisotopic (exact) mass is 405 g/mol. The highest BCUT2D eigenvalue weighted by Crippen LogP contribution is 2.38. The van der Waals surface area contributed by atoms with Crippen molar-refractivity contribution in [1.82, 2.24) is 9.97 Å². The maximum Gasteiger partial charge on any atom is 0.256 e. The molecule has 0 aliphatic carbocycles. The van der Waals surface area contributed by atoms with Gasteiger partial charge in [0.15, 0.2) is 5.13 Å². The number of aromatic hydroxyl groups is 1. The van der Waals surface area contributed by atoms with Gasteiger partial charge in [0.25, 0.3) is 5.56 Å². The number of hydrogen-bond donors (Lipinski definition) is 3. The fourth-order valence-corrected chi connectivity index (χ4v) is 4.64. The third-order valence-corrected chi connectivity index (χ3v) is 6.01. The van der Waals surface area contributed by atoms with E-state index in [4.69, 9.17) is 4.98 Å². The van der Waals surface area contributed by atoms with Gasteiger partial charge in [-0.05, 0) is 48.4 Å². The number of H-pyrrole nitrogens is 1. The van der Waals surface area contributed by atoms with Crippen LogP contribution in [0.25, 0.3) is 31.8 Å². The summed E-state index contributed by atoms with van der Waals surface area (Å²) in [6, 6.07) is 13.4. The molecule has 5 nitrogen and oxygen atoms in total. The number of rotatable bonds is 4. The third-order valence-electron chi connectivity index (χ3n) is 4.96. The summed E-state index contributed by atoms with van der Waals surface area (Å²) < 4.78 is 14.8. The van der Waals surface area contributed by atoms with E-state index < -0.39 is 0 Å². The molecule has 0 saturated heterocycles. The van der Waals surface area contributed by atoms with Gasteiger partial charge in [-0.2, -0.15) is 0 Å². The summed E-state index contributed by atoms with van der Waals surface area (Å²) in [6.07, 6.45) is 2.38. The maximum absolute atomic E-state index is 13.9. The van der Waals surface area contributed by atoms with Gasteiger partial charge in [-0.15, -0.1) is 0 Å². The van der Waals surface area contributed by atoms with Gasteiger partial charge >= 0.3 is 0 Å². The number of nitrogens with one attached hydrogen (secondary N) is 2. The Bertz CT molecular complexity index is 1420. The molecule has 0 aliphatic heterocycles. The number of anilines is 1. The second-order valence-electron chi connectivity index (χ2n) is 6.83. The molecule has 0 unspecified atom stereocenters. The first-order valence-electron chi connectivity index (χ1n) is 9.15. The Kier molecular flexibility index (Phi) is 4.17. The van der Waals surface area contributed by atoms with Crippen LogP contribution in [0.3, 0.4) is 0 Å². The lowest BCUT2D eigenvalue weighted by atomic mass is 10.0. The Morgan fingerprint density at radius 1 is 1.07 bits per heavy atom. The number of fused-ring (bicyclic) bond motifs is 6. The summed E-state index contributed by atoms with van der Waals surface area (Å²) in [5.41, 5.74) is 1.62. The highest BCUT2D eigenvalue weighted by Gasteiger charge is 2.16. The highest BCUT2D eigenvalue weighted by atomic mass is 32.1. The van der Waals surface area contributed by atoms with Crippen molar-refractivity contribution in [2.45, 2.75) is 6.42 Å². The first-order chi connectivity index (χ1) is 14.1. The van der Waals surface area contributed by atoms with Crippen LogP contribution < -0.4 is 10.9 Å². The fourth-order valence-electron chi connectivity index (χ4n) is 3.60. The molecular formula is C22H16FN3O2S. The first-order valence-corrected chi connectivity index (χ1v) is 9.97. The molecule has 0 saturated carbocycles. The summed E-state index contributed by atoms with van der Waals surface area (Å²) in [6.45, 7) is 0.676. The van der Waals surface area contributed by atoms with Crippen LogP contribution in [0.15, 0.2) is 59.5 Å². The van der Waals surface area contributed by atoms with Crippen LogP contribution >= 0.6 is 11.3 Å². The lowest BCUT2D eigenvalue weighted by Crippen LogP contribution is -2.05. The first kappa shape index (κ1) is 17.6. The molecule has 0 amide bonds. The Balaban J connectivity index is 1.58. The highest BCUT2D eigenvalue weighted by molar-refractivity contribution is 7.23. The number of aromatic nitrogens is 2. The molecule has 7 heteroatoms. The normalized spacial score (nSPS) is 11.5. The maximum atomic E-state index is 13.9. The quantitative estimate of drug-likeness (QED) is 0.376. The Labute approximate surface area is 168 Å². The molecule has 0 aliphatic rings. The largest absolute Gasteiger partial charge is 0.508 e. The minimum absolute atomic E-state index is 0.241. The van der Waals surface area contributed by atoms with Gasteiger partial charge in [-0.3, -0.25) is 4.79 Å². The van der Waals surface area contributed by atoms with E-state index in [0.717, 1.165) is 38.1 Å². The molecule has 0 spiro atoms. The van der Waals surface area contributed by atoms with Crippen molar-refractivity contribution < 1.29 is 9.50 Å². The van der Waals surface area contributed by atoms with Crippen LogP contribution in [-0.4, -0.2) is 21.6 Å². The van der Waals surface area contributed by atoms with Crippen LogP contribution in [-0.2, 0) is 6.42 Å². The minimum Gasteiger partial charge on any atom is -0.508 e. The second kappa shape index (κ2) is 6.86. The van der Waals surface area contributed by atoms with Crippen LogP contribution in [0.4, 0.5) is 9.52 Å². The molecular weight excluding hydrogens is 389 g/mol. The van der Waals surface area contributed by atoms with Crippen molar-refractivity contribution in [2.24, 2.45) is 0 Å². The summed E-state index contributed by atoms with van der Waals surface area (Å²) in [7, 11) is 0. The Hall–Kier alpha value is -3.45. The average Bonchev–Trinajstić information content (AvgIpc) is 3.14. The van der Waals surface area contributed by atoms with Gasteiger partial charge in [-0.25, -0.2) is 9.37 Å². The van der Waals surface area contributed by atoms with Crippen LogP contribution in [0.5, 0.6) is 5.75 Å². The molecule has 29 heavy (non-hydrogen) atoms. The molecule has 0 bridgehead atoms. The lowest BCUT2D eigenvalue weighted by Gasteiger charge is -2.05. The van der Waals surface area contributed by atoms with Gasteiger partial charge in [-0.1, -0.05) is 23.5 Å². The van der Waals surface area contributed by atoms with E-state index in [1.807, 2.05) is 18.2 Å². The predicted octanol–water partition coefficient (Wildman–Crippen LogP) is 4.79. The zero-order chi connectivity index (χ0) is 20.0. The molecule has 144 valence electrons. The summed E-state index contributed by atoms with van der Waals surface area (Å²) in [5, 5.41) is 16.0. The van der Waals surface area contributed by atoms with Gasteiger partial charge < -0.3 is 15.4 Å². The van der Waals surface area contributed by atoms with E-state index >= 15 is 0 Å². The van der Waals surface area contributed by atoms with E-state index in [2.05, 4.69) is 10.3 Å². The van der Waals surface area contributed by atoms with E-state index in [9.17, 15) is 14.3 Å². The van der Waals surface area contributed by atoms with E-state index in [1.54, 1.807) is 24.4 Å². The van der Waals surface area contributed by atoms with Crippen molar-refractivity contribution in [3.05, 3.63) is 76.5 Å². The number of thiazole rings is 1. The SMILES string of the molecule is O=c1[nH]ccc2c3sc(NCCc4ccc(O)cc4)nc3c3ccc(F)cc3c12. The number of phenolic OH excluding ortho intramolecular Hbond substituents is 1. The van der Waals surface area contributed by atoms with Gasteiger partial charge in [0, 0.05) is 28.9 Å². The molecule has 5 rings (SSSR count). The number of hydrogen-bond acceptors (Lipinski definition) is 5. The molecule has 2 heterocycles. The lowest BCUT2D eigenvalue weighted by molar-refractivity contribution is 0.475. The zero-order valence-electron chi connectivity index (χ0n) is 15.2. The molecule has 2 aromatic heterocycles. The standard InChI is InChI=1S/C22H16FN3O2S/c23-13-3-6-15-17(11-13)18-16(8-10-24-21(18)28)20-19(15)26-22(29-20)25-9-7-12-1-4-14(27)5-2-12/h1-6,8,10-11,27H,7,9H2,(H,24,28)(H,25,26). The van der Waals surface area contributed by atoms with Crippen LogP contribution in [0, 0.1) is 5.82 Å². The van der Waals surface area contributed by atoms with Crippen molar-refractivity contribution in [3.63, 3.8) is 0 Å². The van der Waals surface area contributed by atoms with Crippen LogP contribution in [0.2, 0.25) is 0 Å². The molecule has 0 atom stereocenters. The topological polar surface area (TPSA) is 78.0 Å². The number of nitrogens with zero attached hydrogens (tertiary/aromatic N) is 1. The van der Waals surface area contributed by atoms with E-state index in [1.165, 1.54) is 23.5 Å². The predicted molar refractivity (Wildman–Crippen MR) is 116 cm³/mol. The van der Waals surface area contributed by atoms with E-state index in [-0.39, 0.29) is 17.1 Å². The molecule has 0 fully saturated rings. The van der Waals surface area contributed by atoms with Gasteiger partial charge in [0.2, 0.25) is 0 Å². The van der Waals surface area contributed by atoms with Crippen molar-refractivity contribution in [2.75, 3.05) is 11.9 Å². The second-order valence-corrected chi connectivity index (χ2v) is 7.82. The smallest absolute Gasteiger partial charge is 0.256 e. The van der Waals surface area contributed by atoms with Crippen molar-refractivity contribution in [3.8, 4) is 5.75 Å². The molecule has 0 radical (unpaired) electrons. The Morgan fingerprint density at radius 3 is 2.72 bits per heavy atom. The third kappa shape index (κ3) is 3.09. The van der Waals surface area contributed by atoms with Gasteiger partial charge in [0.05, 0.1) is 15.6 Å². The zero-order valence-corrected chi connectivity index (χ0v) is 16.0. The number of aromatic amines is 1. The molecule has 3 N–H and O–H groups in total. The summed E-state index contributed by atoms with van der Waals surface area (Å²) >= 11 is 1.48. The average molecular weight is 405 g/mol. The number of pyridine rings is 1. The number of halogens is 1. The Morgan fingerprint density at radius 2 is 1.90 bits per heavy atom. The van der Waals surface area contributed by atoms with Gasteiger partial charge in [0.1, 0.15) is 11.6 Å². The molecule has 5 aromatic rings. The number of benzene rings is 3. The minimum atomic E-state index is -0.385. The molecule has 3 aromatic carbocycles. The van der Waals surface area contributed by atoms with Crippen molar-refractivity contribution in [1.29, 1.82) is 0 Å². The van der Waals surface area contributed by atoms with E-state index in [0.29, 0.717) is 17.3 Å². The van der Waals surface area contributed by atoms with Crippen molar-refractivity contribution >= 4 is 48.2 Å². The fraction of sp³-hybridized carbons (Fsp3) is 0.0909. The number of phenols is 1. The summed E-state index contributed by atoms with van der Waals surface area (Å²) in [4.78, 5) is 19.9. The van der Waals surface area contributed by atoms with Crippen LogP contribution in [0.1, 0.15) is 5.56 Å². The summed E-state index contributed by atoms with van der Waals surface area (Å²) in [5.74, 6) is -0.137.